The predicted molar refractivity (Wildman–Crippen MR) is 102 cm³/mol. The summed E-state index contributed by atoms with van der Waals surface area (Å²) >= 11 is 1.06. The molecule has 0 amide bonds. The fraction of sp³-hybridized carbons (Fsp3) is 0.350. The van der Waals surface area contributed by atoms with Crippen molar-refractivity contribution in [3.8, 4) is 16.7 Å². The maximum Gasteiger partial charge on any atom is 0.280 e. The third kappa shape index (κ3) is 4.54. The summed E-state index contributed by atoms with van der Waals surface area (Å²) in [7, 11) is 1.53. The highest BCUT2D eigenvalue weighted by Gasteiger charge is 2.18. The van der Waals surface area contributed by atoms with Crippen LogP contribution in [0.1, 0.15) is 32.3 Å². The predicted octanol–water partition coefficient (Wildman–Crippen LogP) is 5.47. The Morgan fingerprint density at radius 2 is 1.96 bits per heavy atom. The van der Waals surface area contributed by atoms with E-state index in [0.717, 1.165) is 23.0 Å². The van der Waals surface area contributed by atoms with Gasteiger partial charge in [-0.05, 0) is 49.9 Å². The quantitative estimate of drug-likeness (QED) is 0.578. The van der Waals surface area contributed by atoms with E-state index in [1.807, 2.05) is 26.0 Å². The first-order valence-corrected chi connectivity index (χ1v) is 9.45. The number of thiazole rings is 1. The number of fused-ring (bicyclic) bond motifs is 1. The van der Waals surface area contributed by atoms with Gasteiger partial charge in [-0.3, -0.25) is 0 Å². The summed E-state index contributed by atoms with van der Waals surface area (Å²) in [4.78, 5) is 4.09. The van der Waals surface area contributed by atoms with Crippen molar-refractivity contribution in [3.63, 3.8) is 0 Å². The molecular weight excluding hydrogens is 372 g/mol. The van der Waals surface area contributed by atoms with Gasteiger partial charge in [0.15, 0.2) is 17.3 Å². The zero-order valence-electron chi connectivity index (χ0n) is 15.4. The van der Waals surface area contributed by atoms with E-state index in [2.05, 4.69) is 4.98 Å². The van der Waals surface area contributed by atoms with E-state index >= 15 is 0 Å². The van der Waals surface area contributed by atoms with Gasteiger partial charge in [0.1, 0.15) is 11.3 Å². The van der Waals surface area contributed by atoms with Crippen LogP contribution in [0, 0.1) is 11.6 Å². The van der Waals surface area contributed by atoms with Crippen LogP contribution >= 0.6 is 11.3 Å². The number of ether oxygens (including phenoxy) is 2. The van der Waals surface area contributed by atoms with E-state index in [-0.39, 0.29) is 10.7 Å². The second-order valence-electron chi connectivity index (χ2n) is 6.65. The third-order valence-electron chi connectivity index (χ3n) is 4.53. The fourth-order valence-electron chi connectivity index (χ4n) is 2.62. The molecule has 0 spiro atoms. The number of hydrogen-bond donors (Lipinski definition) is 1. The lowest BCUT2D eigenvalue weighted by Gasteiger charge is -2.21. The smallest absolute Gasteiger partial charge is 0.280 e. The zero-order chi connectivity index (χ0) is 19.6. The Bertz CT molecular complexity index is 956. The number of nitrogens with zero attached hydrogens (tertiary/aromatic N) is 1. The van der Waals surface area contributed by atoms with Crippen LogP contribution in [0.2, 0.25) is 0 Å². The minimum atomic E-state index is -0.721. The zero-order valence-corrected chi connectivity index (χ0v) is 16.2. The highest BCUT2D eigenvalue weighted by Crippen LogP contribution is 2.37. The van der Waals surface area contributed by atoms with Crippen LogP contribution in [0.5, 0.6) is 16.7 Å². The van der Waals surface area contributed by atoms with E-state index < -0.39 is 17.2 Å². The van der Waals surface area contributed by atoms with Crippen molar-refractivity contribution in [2.45, 2.75) is 38.7 Å². The van der Waals surface area contributed by atoms with Gasteiger partial charge in [0.05, 0.1) is 17.4 Å². The molecule has 0 aliphatic carbocycles. The molecule has 1 N–H and O–H groups in total. The molecule has 1 heterocycles. The van der Waals surface area contributed by atoms with Crippen molar-refractivity contribution >= 4 is 21.6 Å². The number of aromatic nitrogens is 1. The topological polar surface area (TPSA) is 51.6 Å². The first kappa shape index (κ1) is 19.5. The van der Waals surface area contributed by atoms with Gasteiger partial charge < -0.3 is 14.6 Å². The summed E-state index contributed by atoms with van der Waals surface area (Å²) in [6, 6.07) is 7.50. The highest BCUT2D eigenvalue weighted by molar-refractivity contribution is 7.20. The molecule has 3 aromatic rings. The Hall–Kier alpha value is -2.25. The number of aryl methyl sites for hydroxylation is 1. The van der Waals surface area contributed by atoms with Gasteiger partial charge in [-0.15, -0.1) is 0 Å². The van der Waals surface area contributed by atoms with Crippen LogP contribution < -0.4 is 9.47 Å². The monoisotopic (exact) mass is 393 g/mol. The lowest BCUT2D eigenvalue weighted by atomic mass is 9.94. The largest absolute Gasteiger partial charge is 0.493 e. The number of aliphatic hydroxyl groups is 1. The van der Waals surface area contributed by atoms with Crippen molar-refractivity contribution in [1.29, 1.82) is 0 Å². The molecule has 144 valence electrons. The SMILES string of the molecule is CCC(C)(O)CCc1ccc(Oc2nc3c(F)cc(F)cc3s2)c(OC)c1. The molecule has 7 heteroatoms. The third-order valence-corrected chi connectivity index (χ3v) is 5.41. The number of rotatable bonds is 7. The summed E-state index contributed by atoms with van der Waals surface area (Å²) in [6.07, 6.45) is 2.01. The lowest BCUT2D eigenvalue weighted by Crippen LogP contribution is -2.23. The van der Waals surface area contributed by atoms with Gasteiger partial charge in [0.2, 0.25) is 0 Å². The van der Waals surface area contributed by atoms with Gasteiger partial charge >= 0.3 is 0 Å². The summed E-state index contributed by atoms with van der Waals surface area (Å²) in [6.45, 7) is 3.76. The van der Waals surface area contributed by atoms with Crippen LogP contribution in [0.15, 0.2) is 30.3 Å². The van der Waals surface area contributed by atoms with E-state index in [4.69, 9.17) is 9.47 Å². The molecule has 2 aromatic carbocycles. The Balaban J connectivity index is 1.81. The molecule has 27 heavy (non-hydrogen) atoms. The molecule has 4 nitrogen and oxygen atoms in total. The van der Waals surface area contributed by atoms with Gasteiger partial charge in [-0.2, -0.15) is 4.98 Å². The van der Waals surface area contributed by atoms with Crippen LogP contribution in [0.25, 0.3) is 10.2 Å². The minimum absolute atomic E-state index is 0.0776. The number of hydrogen-bond acceptors (Lipinski definition) is 5. The Morgan fingerprint density at radius 3 is 2.67 bits per heavy atom. The van der Waals surface area contributed by atoms with Crippen LogP contribution in [0.4, 0.5) is 8.78 Å². The minimum Gasteiger partial charge on any atom is -0.493 e. The summed E-state index contributed by atoms with van der Waals surface area (Å²) in [5.74, 6) is -0.431. The maximum atomic E-state index is 13.8. The van der Waals surface area contributed by atoms with Crippen molar-refractivity contribution in [1.82, 2.24) is 4.98 Å². The number of methoxy groups -OCH3 is 1. The van der Waals surface area contributed by atoms with E-state index in [9.17, 15) is 13.9 Å². The molecule has 1 unspecified atom stereocenters. The lowest BCUT2D eigenvalue weighted by molar-refractivity contribution is 0.0473. The summed E-state index contributed by atoms with van der Waals surface area (Å²) in [5, 5.41) is 10.4. The first-order chi connectivity index (χ1) is 12.8. The van der Waals surface area contributed by atoms with Gasteiger partial charge in [0.25, 0.3) is 5.19 Å². The van der Waals surface area contributed by atoms with E-state index in [1.165, 1.54) is 13.2 Å². The molecule has 0 saturated carbocycles. The van der Waals surface area contributed by atoms with Crippen molar-refractivity contribution in [3.05, 3.63) is 47.5 Å². The molecule has 3 rings (SSSR count). The Kier molecular flexibility index (Phi) is 5.62. The molecule has 1 aromatic heterocycles. The molecule has 1 atom stereocenters. The van der Waals surface area contributed by atoms with Gasteiger partial charge in [-0.1, -0.05) is 24.3 Å². The van der Waals surface area contributed by atoms with Crippen molar-refractivity contribution in [2.24, 2.45) is 0 Å². The van der Waals surface area contributed by atoms with Crippen LogP contribution in [-0.2, 0) is 6.42 Å². The number of halogens is 2. The summed E-state index contributed by atoms with van der Waals surface area (Å²) < 4.78 is 38.7. The average molecular weight is 393 g/mol. The first-order valence-electron chi connectivity index (χ1n) is 8.64. The Labute approximate surface area is 160 Å². The molecule has 0 aliphatic heterocycles. The van der Waals surface area contributed by atoms with E-state index in [1.54, 1.807) is 6.07 Å². The fourth-order valence-corrected chi connectivity index (χ4v) is 3.48. The molecular formula is C20H21F2NO3S. The van der Waals surface area contributed by atoms with Gasteiger partial charge in [0, 0.05) is 6.07 Å². The normalized spacial score (nSPS) is 13.6. The molecule has 0 fully saturated rings. The summed E-state index contributed by atoms with van der Waals surface area (Å²) in [5.41, 5.74) is 0.377. The standard InChI is InChI=1S/C20H21F2NO3S/c1-4-20(2,24)8-7-12-5-6-15(16(9-12)25-3)26-19-23-18-14(22)10-13(21)11-17(18)27-19/h5-6,9-11,24H,4,7-8H2,1-3H3. The maximum absolute atomic E-state index is 13.8. The molecule has 0 radical (unpaired) electrons. The average Bonchev–Trinajstić information content (AvgIpc) is 3.03. The van der Waals surface area contributed by atoms with Gasteiger partial charge in [-0.25, -0.2) is 8.78 Å². The van der Waals surface area contributed by atoms with Crippen molar-refractivity contribution in [2.75, 3.05) is 7.11 Å². The molecule has 0 aliphatic rings. The van der Waals surface area contributed by atoms with Crippen LogP contribution in [0.3, 0.4) is 0 Å². The van der Waals surface area contributed by atoms with E-state index in [0.29, 0.717) is 35.5 Å². The highest BCUT2D eigenvalue weighted by atomic mass is 32.1. The second-order valence-corrected chi connectivity index (χ2v) is 7.65. The van der Waals surface area contributed by atoms with Crippen LogP contribution in [-0.4, -0.2) is 22.8 Å². The number of benzene rings is 2. The van der Waals surface area contributed by atoms with Crippen molar-refractivity contribution < 1.29 is 23.4 Å². The molecule has 0 bridgehead atoms. The molecule has 0 saturated heterocycles. The Morgan fingerprint density at radius 1 is 1.19 bits per heavy atom. The second kappa shape index (κ2) is 7.78.